The molecule has 0 saturated carbocycles. The number of nitrogens with zero attached hydrogens (tertiary/aromatic N) is 2. The molecule has 1 heterocycles. The zero-order chi connectivity index (χ0) is 17.8. The van der Waals surface area contributed by atoms with Crippen LogP contribution in [-0.2, 0) is 0 Å². The summed E-state index contributed by atoms with van der Waals surface area (Å²) in [5.41, 5.74) is 4.09. The first kappa shape index (κ1) is 16.9. The van der Waals surface area contributed by atoms with Crippen LogP contribution in [0.2, 0.25) is 5.02 Å². The normalized spacial score (nSPS) is 10.4. The molecule has 1 amide bonds. The zero-order valence-corrected chi connectivity index (χ0v) is 14.6. The van der Waals surface area contributed by atoms with E-state index in [9.17, 15) is 4.79 Å². The third-order valence-electron chi connectivity index (χ3n) is 3.62. The molecule has 5 nitrogen and oxygen atoms in total. The van der Waals surface area contributed by atoms with Crippen molar-refractivity contribution >= 4 is 34.8 Å². The van der Waals surface area contributed by atoms with Gasteiger partial charge in [-0.15, -0.1) is 0 Å². The van der Waals surface area contributed by atoms with Gasteiger partial charge < -0.3 is 10.6 Å². The minimum atomic E-state index is -0.312. The predicted octanol–water partition coefficient (Wildman–Crippen LogP) is 4.74. The van der Waals surface area contributed by atoms with Gasteiger partial charge in [-0.2, -0.15) is 0 Å². The molecule has 0 bridgehead atoms. The van der Waals surface area contributed by atoms with Crippen molar-refractivity contribution in [3.8, 4) is 0 Å². The predicted molar refractivity (Wildman–Crippen MR) is 101 cm³/mol. The van der Waals surface area contributed by atoms with Crippen LogP contribution in [0, 0.1) is 13.8 Å². The number of hydrogen-bond donors (Lipinski definition) is 2. The van der Waals surface area contributed by atoms with Gasteiger partial charge in [-0.25, -0.2) is 9.97 Å². The number of rotatable bonds is 4. The summed E-state index contributed by atoms with van der Waals surface area (Å²) in [5.74, 6) is 0.0594. The van der Waals surface area contributed by atoms with Crippen LogP contribution in [0.4, 0.5) is 17.3 Å². The van der Waals surface area contributed by atoms with Crippen LogP contribution in [0.15, 0.2) is 54.7 Å². The molecule has 0 fully saturated rings. The summed E-state index contributed by atoms with van der Waals surface area (Å²) in [4.78, 5) is 20.8. The Labute approximate surface area is 151 Å². The molecule has 0 aliphatic carbocycles. The van der Waals surface area contributed by atoms with E-state index in [1.165, 1.54) is 5.56 Å². The summed E-state index contributed by atoms with van der Waals surface area (Å²) < 4.78 is 0. The average Bonchev–Trinajstić information content (AvgIpc) is 2.60. The molecule has 1 aromatic heterocycles. The van der Waals surface area contributed by atoms with E-state index in [0.717, 1.165) is 11.3 Å². The van der Waals surface area contributed by atoms with E-state index in [0.29, 0.717) is 16.7 Å². The number of hydrogen-bond acceptors (Lipinski definition) is 4. The summed E-state index contributed by atoms with van der Waals surface area (Å²) in [6.07, 6.45) is 1.55. The van der Waals surface area contributed by atoms with Crippen molar-refractivity contribution in [2.45, 2.75) is 13.8 Å². The van der Waals surface area contributed by atoms with Gasteiger partial charge in [0.1, 0.15) is 5.69 Å². The number of aromatic nitrogens is 2. The molecule has 0 radical (unpaired) electrons. The standard InChI is InChI=1S/C19H17ClN4O/c1-12-3-8-16(13(2)11-12)23-19-21-10-9-17(24-19)18(25)22-15-6-4-14(20)5-7-15/h3-11H,1-2H3,(H,22,25)(H,21,23,24). The van der Waals surface area contributed by atoms with Crippen LogP contribution in [0.25, 0.3) is 0 Å². The molecule has 2 N–H and O–H groups in total. The Hall–Kier alpha value is -2.92. The number of carbonyl (C=O) groups is 1. The molecule has 0 aliphatic rings. The van der Waals surface area contributed by atoms with E-state index in [1.807, 2.05) is 26.0 Å². The van der Waals surface area contributed by atoms with Crippen molar-refractivity contribution in [2.24, 2.45) is 0 Å². The van der Waals surface area contributed by atoms with Crippen LogP contribution in [0.5, 0.6) is 0 Å². The number of benzene rings is 2. The van der Waals surface area contributed by atoms with Crippen molar-refractivity contribution in [1.82, 2.24) is 9.97 Å². The number of nitrogens with one attached hydrogen (secondary N) is 2. The van der Waals surface area contributed by atoms with E-state index in [2.05, 4.69) is 26.7 Å². The molecule has 6 heteroatoms. The zero-order valence-electron chi connectivity index (χ0n) is 13.9. The van der Waals surface area contributed by atoms with E-state index in [-0.39, 0.29) is 11.6 Å². The SMILES string of the molecule is Cc1ccc(Nc2nccc(C(=O)Nc3ccc(Cl)cc3)n2)c(C)c1. The van der Waals surface area contributed by atoms with E-state index in [1.54, 1.807) is 36.5 Å². The molecule has 0 unspecified atom stereocenters. The average molecular weight is 353 g/mol. The third kappa shape index (κ3) is 4.33. The highest BCUT2D eigenvalue weighted by atomic mass is 35.5. The van der Waals surface area contributed by atoms with Crippen molar-refractivity contribution in [3.63, 3.8) is 0 Å². The molecule has 25 heavy (non-hydrogen) atoms. The number of amides is 1. The molecule has 2 aromatic carbocycles. The Morgan fingerprint density at radius 2 is 1.80 bits per heavy atom. The lowest BCUT2D eigenvalue weighted by atomic mass is 10.1. The molecular formula is C19H17ClN4O. The van der Waals surface area contributed by atoms with Crippen LogP contribution in [0.1, 0.15) is 21.6 Å². The molecule has 0 spiro atoms. The fourth-order valence-electron chi connectivity index (χ4n) is 2.35. The highest BCUT2D eigenvalue weighted by Crippen LogP contribution is 2.19. The summed E-state index contributed by atoms with van der Waals surface area (Å²) in [7, 11) is 0. The number of anilines is 3. The largest absolute Gasteiger partial charge is 0.324 e. The second-order valence-corrected chi connectivity index (χ2v) is 6.11. The van der Waals surface area contributed by atoms with Gasteiger partial charge in [-0.05, 0) is 55.8 Å². The second-order valence-electron chi connectivity index (χ2n) is 5.67. The Bertz CT molecular complexity index is 910. The molecule has 3 rings (SSSR count). The van der Waals surface area contributed by atoms with Crippen molar-refractivity contribution in [3.05, 3.63) is 76.6 Å². The maximum Gasteiger partial charge on any atom is 0.274 e. The Kier molecular flexibility index (Phi) is 4.95. The first-order chi connectivity index (χ1) is 12.0. The van der Waals surface area contributed by atoms with E-state index >= 15 is 0 Å². The van der Waals surface area contributed by atoms with Crippen LogP contribution in [-0.4, -0.2) is 15.9 Å². The Balaban J connectivity index is 1.76. The molecule has 0 aliphatic heterocycles. The van der Waals surface area contributed by atoms with Gasteiger partial charge in [0.15, 0.2) is 0 Å². The monoisotopic (exact) mass is 352 g/mol. The van der Waals surface area contributed by atoms with Crippen molar-refractivity contribution in [1.29, 1.82) is 0 Å². The number of carbonyl (C=O) groups excluding carboxylic acids is 1. The maximum absolute atomic E-state index is 12.4. The van der Waals surface area contributed by atoms with Gasteiger partial charge in [0.25, 0.3) is 5.91 Å². The first-order valence-corrected chi connectivity index (χ1v) is 8.13. The Morgan fingerprint density at radius 1 is 1.04 bits per heavy atom. The lowest BCUT2D eigenvalue weighted by Crippen LogP contribution is -2.14. The van der Waals surface area contributed by atoms with Crippen LogP contribution < -0.4 is 10.6 Å². The van der Waals surface area contributed by atoms with Crippen molar-refractivity contribution in [2.75, 3.05) is 10.6 Å². The third-order valence-corrected chi connectivity index (χ3v) is 3.87. The quantitative estimate of drug-likeness (QED) is 0.711. The minimum absolute atomic E-state index is 0.275. The summed E-state index contributed by atoms with van der Waals surface area (Å²) >= 11 is 5.84. The molecule has 126 valence electrons. The minimum Gasteiger partial charge on any atom is -0.324 e. The van der Waals surface area contributed by atoms with E-state index < -0.39 is 0 Å². The molecular weight excluding hydrogens is 336 g/mol. The fourth-order valence-corrected chi connectivity index (χ4v) is 2.47. The van der Waals surface area contributed by atoms with Gasteiger partial charge in [0.05, 0.1) is 0 Å². The molecule has 0 atom stereocenters. The second kappa shape index (κ2) is 7.32. The smallest absolute Gasteiger partial charge is 0.274 e. The van der Waals surface area contributed by atoms with Gasteiger partial charge in [0, 0.05) is 22.6 Å². The van der Waals surface area contributed by atoms with Crippen molar-refractivity contribution < 1.29 is 4.79 Å². The van der Waals surface area contributed by atoms with Gasteiger partial charge in [0.2, 0.25) is 5.95 Å². The van der Waals surface area contributed by atoms with Crippen LogP contribution in [0.3, 0.4) is 0 Å². The van der Waals surface area contributed by atoms with Gasteiger partial charge in [-0.1, -0.05) is 29.3 Å². The number of aryl methyl sites for hydroxylation is 2. The molecule has 3 aromatic rings. The van der Waals surface area contributed by atoms with Gasteiger partial charge in [-0.3, -0.25) is 4.79 Å². The van der Waals surface area contributed by atoms with E-state index in [4.69, 9.17) is 11.6 Å². The lowest BCUT2D eigenvalue weighted by Gasteiger charge is -2.10. The highest BCUT2D eigenvalue weighted by molar-refractivity contribution is 6.30. The number of halogens is 1. The topological polar surface area (TPSA) is 66.9 Å². The molecule has 0 saturated heterocycles. The summed E-state index contributed by atoms with van der Waals surface area (Å²) in [5, 5.41) is 6.54. The first-order valence-electron chi connectivity index (χ1n) is 7.75. The summed E-state index contributed by atoms with van der Waals surface area (Å²) in [6.45, 7) is 4.04. The fraction of sp³-hybridized carbons (Fsp3) is 0.105. The summed E-state index contributed by atoms with van der Waals surface area (Å²) in [6, 6.07) is 14.5. The van der Waals surface area contributed by atoms with Gasteiger partial charge >= 0.3 is 0 Å². The highest BCUT2D eigenvalue weighted by Gasteiger charge is 2.10. The maximum atomic E-state index is 12.4. The lowest BCUT2D eigenvalue weighted by molar-refractivity contribution is 0.102. The van der Waals surface area contributed by atoms with Crippen LogP contribution >= 0.6 is 11.6 Å². The Morgan fingerprint density at radius 3 is 2.52 bits per heavy atom.